The lowest BCUT2D eigenvalue weighted by atomic mass is 10.2. The van der Waals surface area contributed by atoms with Crippen molar-refractivity contribution in [2.75, 3.05) is 25.1 Å². The van der Waals surface area contributed by atoms with Gasteiger partial charge in [-0.25, -0.2) is 0 Å². The van der Waals surface area contributed by atoms with Crippen LogP contribution >= 0.6 is 30.1 Å². The fourth-order valence-electron chi connectivity index (χ4n) is 3.96. The molecule has 0 aromatic carbocycles. The summed E-state index contributed by atoms with van der Waals surface area (Å²) in [6.45, 7) is 47.0. The molecule has 0 rings (SSSR count). The molecule has 1 unspecified atom stereocenters. The van der Waals surface area contributed by atoms with E-state index in [0.29, 0.717) is 15.5 Å². The van der Waals surface area contributed by atoms with Crippen LogP contribution in [0, 0.1) is 0 Å². The quantitative estimate of drug-likeness (QED) is 0.243. The molecule has 0 amide bonds. The first-order valence-electron chi connectivity index (χ1n) is 13.0. The van der Waals surface area contributed by atoms with Gasteiger partial charge in [0.2, 0.25) is 0 Å². The molecule has 0 nitrogen and oxygen atoms in total. The van der Waals surface area contributed by atoms with Crippen LogP contribution in [0.3, 0.4) is 0 Å². The maximum absolute atomic E-state index is 6.99. The summed E-state index contributed by atoms with van der Waals surface area (Å²) in [5, 5.41) is 1.94. The second kappa shape index (κ2) is 11.9. The highest BCUT2D eigenvalue weighted by Gasteiger charge is 2.60. The summed E-state index contributed by atoms with van der Waals surface area (Å²) in [7, 11) is 10.8. The van der Waals surface area contributed by atoms with Crippen LogP contribution in [0.4, 0.5) is 0 Å². The van der Waals surface area contributed by atoms with Crippen LogP contribution in [-0.4, -0.2) is 71.2 Å². The summed E-state index contributed by atoms with van der Waals surface area (Å²) in [5.74, 6) is 2.50. The van der Waals surface area contributed by atoms with Gasteiger partial charge in [0, 0.05) is 13.8 Å². The van der Waals surface area contributed by atoms with E-state index in [1.807, 2.05) is 0 Å². The molecule has 0 aromatic heterocycles. The highest BCUT2D eigenvalue weighted by molar-refractivity contribution is 8.12. The van der Waals surface area contributed by atoms with E-state index in [-0.39, 0.29) is 31.3 Å². The van der Waals surface area contributed by atoms with E-state index in [4.69, 9.17) is 15.1 Å². The van der Waals surface area contributed by atoms with Gasteiger partial charge < -0.3 is 0 Å². The van der Waals surface area contributed by atoms with Gasteiger partial charge in [0.15, 0.2) is 0 Å². The van der Waals surface area contributed by atoms with E-state index in [2.05, 4.69) is 138 Å². The van der Waals surface area contributed by atoms with E-state index in [1.165, 1.54) is 5.90 Å². The largest absolute Gasteiger partial charge is 0.370 e. The van der Waals surface area contributed by atoms with Crippen LogP contribution in [0.25, 0.3) is 0 Å². The van der Waals surface area contributed by atoms with Gasteiger partial charge in [-0.05, 0) is 97.5 Å². The molecule has 0 bridgehead atoms. The van der Waals surface area contributed by atoms with Crippen molar-refractivity contribution in [3.63, 3.8) is 0 Å². The zero-order valence-corrected chi connectivity index (χ0v) is 30.9. The lowest BCUT2D eigenvalue weighted by Crippen LogP contribution is -2.38. The lowest BCUT2D eigenvalue weighted by Gasteiger charge is -2.48. The summed E-state index contributed by atoms with van der Waals surface area (Å²) in [6.07, 6.45) is 0. The second-order valence-corrected chi connectivity index (χ2v) is 33.4. The summed E-state index contributed by atoms with van der Waals surface area (Å²) >= 11 is 0. The molecule has 4 radical (unpaired) electrons. The number of hydrogen-bond donors (Lipinski definition) is 0. The van der Waals surface area contributed by atoms with Crippen molar-refractivity contribution < 1.29 is 0 Å². The number of rotatable bonds is 4. The standard InChI is InChI=1S/C14H32B2P2.C14H32P2/c1-12(2,3)17(10,15)11-18(16,13(4,5)6)14(7,8)9;1-12(2,3)15(10)11-16(13(4,5)6)14(7,8)9/h11H2,1-10H3;11H2,1-10H3/q+2;/t;15-/m.0/s1. The first kappa shape index (κ1) is 38.0. The molecule has 0 fully saturated rings. The fourth-order valence-corrected chi connectivity index (χ4v) is 23.6. The van der Waals surface area contributed by atoms with Crippen LogP contribution < -0.4 is 0 Å². The van der Waals surface area contributed by atoms with Gasteiger partial charge in [0.25, 0.3) is 0 Å². The Labute approximate surface area is 225 Å². The van der Waals surface area contributed by atoms with Gasteiger partial charge in [0.1, 0.15) is 5.90 Å². The third-order valence-corrected chi connectivity index (χ3v) is 27.9. The Bertz CT molecular complexity index is 588. The van der Waals surface area contributed by atoms with Gasteiger partial charge in [-0.15, -0.1) is 0 Å². The van der Waals surface area contributed by atoms with Crippen molar-refractivity contribution in [1.82, 2.24) is 0 Å². The maximum atomic E-state index is 6.99. The van der Waals surface area contributed by atoms with Crippen LogP contribution in [0.1, 0.15) is 125 Å². The molecule has 0 spiro atoms. The molecule has 6 heteroatoms. The average molecular weight is 546 g/mol. The third kappa shape index (κ3) is 11.3. The predicted octanol–water partition coefficient (Wildman–Crippen LogP) is 11.1. The van der Waals surface area contributed by atoms with Crippen molar-refractivity contribution >= 4 is 45.3 Å². The highest BCUT2D eigenvalue weighted by atomic mass is 31.2. The second-order valence-electron chi connectivity index (χ2n) is 16.6. The van der Waals surface area contributed by atoms with E-state index >= 15 is 0 Å². The minimum atomic E-state index is -1.63. The van der Waals surface area contributed by atoms with Crippen LogP contribution in [0.2, 0.25) is 0 Å². The molecule has 2 atom stereocenters. The predicted molar refractivity (Wildman–Crippen MR) is 179 cm³/mol. The van der Waals surface area contributed by atoms with Gasteiger partial charge >= 0.3 is 15.1 Å². The molecular weight excluding hydrogens is 482 g/mol. The summed E-state index contributed by atoms with van der Waals surface area (Å²) in [4.78, 5) is 0. The Kier molecular flexibility index (Phi) is 13.3. The van der Waals surface area contributed by atoms with Crippen molar-refractivity contribution in [2.24, 2.45) is 0 Å². The first-order chi connectivity index (χ1) is 14.2. The topological polar surface area (TPSA) is 0 Å². The molecule has 0 N–H and O–H groups in total. The van der Waals surface area contributed by atoms with Gasteiger partial charge in [-0.1, -0.05) is 78.2 Å². The van der Waals surface area contributed by atoms with E-state index in [0.717, 1.165) is 5.90 Å². The van der Waals surface area contributed by atoms with Gasteiger partial charge in [0.05, 0.1) is 15.5 Å². The Hall–Kier alpha value is 1.85. The van der Waals surface area contributed by atoms with Crippen molar-refractivity contribution in [2.45, 2.75) is 156 Å². The first-order valence-corrected chi connectivity index (χ1v) is 21.1. The molecule has 0 saturated carbocycles. The van der Waals surface area contributed by atoms with Crippen molar-refractivity contribution in [3.8, 4) is 0 Å². The van der Waals surface area contributed by atoms with E-state index in [9.17, 15) is 0 Å². The molecule has 0 aromatic rings. The van der Waals surface area contributed by atoms with E-state index in [1.54, 1.807) is 0 Å². The summed E-state index contributed by atoms with van der Waals surface area (Å²) in [6, 6.07) is 0. The molecule has 0 aliphatic carbocycles. The Balaban J connectivity index is 0. The molecule has 0 saturated heterocycles. The molecule has 34 heavy (non-hydrogen) atoms. The van der Waals surface area contributed by atoms with Gasteiger partial charge in [-0.3, -0.25) is 0 Å². The molecule has 0 aliphatic rings. The van der Waals surface area contributed by atoms with Crippen molar-refractivity contribution in [1.29, 1.82) is 0 Å². The zero-order valence-electron chi connectivity index (χ0n) is 27.4. The third-order valence-electron chi connectivity index (χ3n) is 7.56. The zero-order chi connectivity index (χ0) is 28.6. The molecule has 200 valence electrons. The minimum absolute atomic E-state index is 0.0824. The average Bonchev–Trinajstić information content (AvgIpc) is 2.45. The van der Waals surface area contributed by atoms with Crippen LogP contribution in [0.15, 0.2) is 0 Å². The van der Waals surface area contributed by atoms with Gasteiger partial charge in [-0.2, -0.15) is 0 Å². The number of hydrogen-bond acceptors (Lipinski definition) is 0. The fraction of sp³-hybridized carbons (Fsp3) is 1.00. The van der Waals surface area contributed by atoms with Crippen LogP contribution in [-0.2, 0) is 0 Å². The molecular formula is C28H64B2P4+2. The SMILES string of the molecule is C[P@@](CP(C(C)(C)C)C(C)(C)C)C(C)(C)C.[B][P+](C)(C[P+]([B])(C(C)(C)C)C(C)(C)C)C(C)(C)C. The maximum Gasteiger partial charge on any atom is 0.370 e. The van der Waals surface area contributed by atoms with Crippen molar-refractivity contribution in [3.05, 3.63) is 0 Å². The Morgan fingerprint density at radius 3 is 1.00 bits per heavy atom. The summed E-state index contributed by atoms with van der Waals surface area (Å²) < 4.78 is 0. The Morgan fingerprint density at radius 2 is 0.824 bits per heavy atom. The molecule has 0 aliphatic heterocycles. The smallest absolute Gasteiger partial charge is 0.0999 e. The minimum Gasteiger partial charge on any atom is -0.0999 e. The summed E-state index contributed by atoms with van der Waals surface area (Å²) in [5.41, 5.74) is 0. The monoisotopic (exact) mass is 546 g/mol. The molecule has 0 heterocycles. The normalized spacial score (nSPS) is 17.7. The van der Waals surface area contributed by atoms with E-state index < -0.39 is 14.3 Å². The highest BCUT2D eigenvalue weighted by Crippen LogP contribution is 2.82. The lowest BCUT2D eigenvalue weighted by molar-refractivity contribution is 0.701. The van der Waals surface area contributed by atoms with Crippen LogP contribution in [0.5, 0.6) is 0 Å². The Morgan fingerprint density at radius 1 is 0.529 bits per heavy atom.